The SMILES string of the molecule is CCOC(=O)C1=C(COC(=O)/C=C/c2ccccc2OC)NC(=O)N[C@@H]1CC. The van der Waals surface area contributed by atoms with Gasteiger partial charge in [-0.15, -0.1) is 0 Å². The molecule has 0 spiro atoms. The van der Waals surface area contributed by atoms with Gasteiger partial charge in [-0.05, 0) is 25.5 Å². The third-order valence-corrected chi connectivity index (χ3v) is 4.04. The Kier molecular flexibility index (Phi) is 7.62. The van der Waals surface area contributed by atoms with E-state index in [-0.39, 0.29) is 24.5 Å². The first-order valence-corrected chi connectivity index (χ1v) is 8.95. The van der Waals surface area contributed by atoms with Crippen LogP contribution in [0.25, 0.3) is 6.08 Å². The number of ether oxygens (including phenoxy) is 3. The number of benzene rings is 1. The normalized spacial score (nSPS) is 16.4. The van der Waals surface area contributed by atoms with Crippen LogP contribution in [0.5, 0.6) is 5.75 Å². The van der Waals surface area contributed by atoms with Crippen molar-refractivity contribution in [2.75, 3.05) is 20.3 Å². The Hall–Kier alpha value is -3.29. The summed E-state index contributed by atoms with van der Waals surface area (Å²) in [5.41, 5.74) is 1.19. The van der Waals surface area contributed by atoms with Gasteiger partial charge in [0.1, 0.15) is 12.4 Å². The molecule has 150 valence electrons. The Labute approximate surface area is 163 Å². The molecule has 0 saturated carbocycles. The van der Waals surface area contributed by atoms with Crippen LogP contribution in [-0.4, -0.2) is 44.3 Å². The minimum absolute atomic E-state index is 0.196. The zero-order valence-electron chi connectivity index (χ0n) is 16.1. The van der Waals surface area contributed by atoms with E-state index < -0.39 is 24.0 Å². The number of hydrogen-bond acceptors (Lipinski definition) is 6. The molecule has 0 bridgehead atoms. The van der Waals surface area contributed by atoms with Gasteiger partial charge in [0, 0.05) is 11.6 Å². The Morgan fingerprint density at radius 2 is 1.93 bits per heavy atom. The van der Waals surface area contributed by atoms with Crippen LogP contribution in [0.4, 0.5) is 4.79 Å². The van der Waals surface area contributed by atoms with Gasteiger partial charge in [-0.3, -0.25) is 0 Å². The lowest BCUT2D eigenvalue weighted by Crippen LogP contribution is -2.51. The van der Waals surface area contributed by atoms with E-state index in [1.807, 2.05) is 19.1 Å². The fraction of sp³-hybridized carbons (Fsp3) is 0.350. The lowest BCUT2D eigenvalue weighted by atomic mass is 10.0. The van der Waals surface area contributed by atoms with E-state index in [4.69, 9.17) is 14.2 Å². The molecular weight excluding hydrogens is 364 g/mol. The minimum atomic E-state index is -0.623. The number of esters is 2. The second-order valence-corrected chi connectivity index (χ2v) is 5.85. The average molecular weight is 388 g/mol. The lowest BCUT2D eigenvalue weighted by molar-refractivity contribution is -0.140. The molecule has 2 amide bonds. The zero-order valence-corrected chi connectivity index (χ0v) is 16.1. The maximum absolute atomic E-state index is 12.3. The zero-order chi connectivity index (χ0) is 20.5. The summed E-state index contributed by atoms with van der Waals surface area (Å²) in [5.74, 6) is -0.560. The Bertz CT molecular complexity index is 800. The molecule has 0 aliphatic carbocycles. The van der Waals surface area contributed by atoms with Gasteiger partial charge in [0.05, 0.1) is 31.0 Å². The van der Waals surface area contributed by atoms with Crippen molar-refractivity contribution < 1.29 is 28.6 Å². The lowest BCUT2D eigenvalue weighted by Gasteiger charge is -2.28. The molecule has 1 aliphatic rings. The van der Waals surface area contributed by atoms with Gasteiger partial charge in [-0.25, -0.2) is 14.4 Å². The van der Waals surface area contributed by atoms with Crippen LogP contribution in [0, 0.1) is 0 Å². The molecule has 1 heterocycles. The highest BCUT2D eigenvalue weighted by Gasteiger charge is 2.31. The van der Waals surface area contributed by atoms with E-state index in [9.17, 15) is 14.4 Å². The smallest absolute Gasteiger partial charge is 0.338 e. The van der Waals surface area contributed by atoms with Gasteiger partial charge < -0.3 is 24.8 Å². The van der Waals surface area contributed by atoms with E-state index in [1.165, 1.54) is 6.08 Å². The van der Waals surface area contributed by atoms with Crippen LogP contribution in [0.3, 0.4) is 0 Å². The maximum Gasteiger partial charge on any atom is 0.338 e. The van der Waals surface area contributed by atoms with Crippen molar-refractivity contribution in [2.24, 2.45) is 0 Å². The van der Waals surface area contributed by atoms with Crippen LogP contribution < -0.4 is 15.4 Å². The van der Waals surface area contributed by atoms with Gasteiger partial charge >= 0.3 is 18.0 Å². The van der Waals surface area contributed by atoms with Crippen LogP contribution in [-0.2, 0) is 19.1 Å². The number of carbonyl (C=O) groups excluding carboxylic acids is 3. The molecule has 8 nitrogen and oxygen atoms in total. The molecule has 0 saturated heterocycles. The van der Waals surface area contributed by atoms with Gasteiger partial charge in [0.2, 0.25) is 0 Å². The highest BCUT2D eigenvalue weighted by molar-refractivity contribution is 5.95. The number of hydrogen-bond donors (Lipinski definition) is 2. The highest BCUT2D eigenvalue weighted by Crippen LogP contribution is 2.19. The maximum atomic E-state index is 12.3. The highest BCUT2D eigenvalue weighted by atomic mass is 16.5. The number of nitrogens with one attached hydrogen (secondary N) is 2. The average Bonchev–Trinajstić information content (AvgIpc) is 2.70. The van der Waals surface area contributed by atoms with Gasteiger partial charge in [0.25, 0.3) is 0 Å². The van der Waals surface area contributed by atoms with Crippen LogP contribution in [0.2, 0.25) is 0 Å². The quantitative estimate of drug-likeness (QED) is 0.523. The molecule has 28 heavy (non-hydrogen) atoms. The second-order valence-electron chi connectivity index (χ2n) is 5.85. The summed E-state index contributed by atoms with van der Waals surface area (Å²) in [6.45, 7) is 3.46. The largest absolute Gasteiger partial charge is 0.496 e. The summed E-state index contributed by atoms with van der Waals surface area (Å²) in [6, 6.07) is 6.24. The van der Waals surface area contributed by atoms with E-state index in [1.54, 1.807) is 32.2 Å². The molecule has 0 fully saturated rings. The van der Waals surface area contributed by atoms with Gasteiger partial charge in [0.15, 0.2) is 0 Å². The molecule has 2 N–H and O–H groups in total. The Morgan fingerprint density at radius 3 is 2.61 bits per heavy atom. The second kappa shape index (κ2) is 10.1. The molecule has 1 aromatic rings. The summed E-state index contributed by atoms with van der Waals surface area (Å²) in [5, 5.41) is 5.18. The summed E-state index contributed by atoms with van der Waals surface area (Å²) in [4.78, 5) is 36.2. The number of para-hydroxylation sites is 1. The molecule has 2 rings (SSSR count). The molecule has 0 unspecified atom stereocenters. The van der Waals surface area contributed by atoms with E-state index in [0.717, 1.165) is 5.56 Å². The monoisotopic (exact) mass is 388 g/mol. The third kappa shape index (κ3) is 5.35. The van der Waals surface area contributed by atoms with E-state index in [2.05, 4.69) is 10.6 Å². The molecule has 0 radical (unpaired) electrons. The topological polar surface area (TPSA) is 103 Å². The summed E-state index contributed by atoms with van der Waals surface area (Å²) in [7, 11) is 1.54. The number of methoxy groups -OCH3 is 1. The first-order chi connectivity index (χ1) is 13.5. The van der Waals surface area contributed by atoms with Gasteiger partial charge in [-0.2, -0.15) is 0 Å². The van der Waals surface area contributed by atoms with Crippen molar-refractivity contribution in [3.8, 4) is 5.75 Å². The molecule has 1 aliphatic heterocycles. The van der Waals surface area contributed by atoms with Crippen molar-refractivity contribution in [2.45, 2.75) is 26.3 Å². The van der Waals surface area contributed by atoms with E-state index in [0.29, 0.717) is 12.2 Å². The molecular formula is C20H24N2O6. The fourth-order valence-corrected chi connectivity index (χ4v) is 2.73. The van der Waals surface area contributed by atoms with Crippen molar-refractivity contribution in [3.63, 3.8) is 0 Å². The molecule has 0 aromatic heterocycles. The Morgan fingerprint density at radius 1 is 1.18 bits per heavy atom. The van der Waals surface area contributed by atoms with Crippen molar-refractivity contribution in [1.82, 2.24) is 10.6 Å². The van der Waals surface area contributed by atoms with Gasteiger partial charge in [-0.1, -0.05) is 25.1 Å². The van der Waals surface area contributed by atoms with Crippen molar-refractivity contribution in [1.29, 1.82) is 0 Å². The third-order valence-electron chi connectivity index (χ3n) is 4.04. The number of amides is 2. The molecule has 1 atom stereocenters. The fourth-order valence-electron chi connectivity index (χ4n) is 2.73. The van der Waals surface area contributed by atoms with Crippen LogP contribution in [0.1, 0.15) is 25.8 Å². The predicted molar refractivity (Wildman–Crippen MR) is 102 cm³/mol. The number of urea groups is 1. The Balaban J connectivity index is 2.12. The summed E-state index contributed by atoms with van der Waals surface area (Å²) in [6.07, 6.45) is 3.31. The standard InChI is InChI=1S/C20H24N2O6/c1-4-14-18(19(24)27-5-2)15(22-20(25)21-14)12-28-17(23)11-10-13-8-6-7-9-16(13)26-3/h6-11,14H,4-5,12H2,1-3H3,(H2,21,22,25)/b11-10+/t14-/m1/s1. The molecule has 8 heteroatoms. The first-order valence-electron chi connectivity index (χ1n) is 8.95. The van der Waals surface area contributed by atoms with Crippen LogP contribution >= 0.6 is 0 Å². The van der Waals surface area contributed by atoms with Crippen molar-refractivity contribution in [3.05, 3.63) is 47.2 Å². The van der Waals surface area contributed by atoms with Crippen molar-refractivity contribution >= 4 is 24.0 Å². The van der Waals surface area contributed by atoms with E-state index >= 15 is 0 Å². The molecule has 1 aromatic carbocycles. The predicted octanol–water partition coefficient (Wildman–Crippen LogP) is 2.16. The number of carbonyl (C=O) groups is 3. The van der Waals surface area contributed by atoms with Crippen LogP contribution in [0.15, 0.2) is 41.6 Å². The summed E-state index contributed by atoms with van der Waals surface area (Å²) < 4.78 is 15.5. The first kappa shape index (κ1) is 21.0. The minimum Gasteiger partial charge on any atom is -0.496 e. The summed E-state index contributed by atoms with van der Waals surface area (Å²) >= 11 is 0. The number of rotatable bonds is 8.